The monoisotopic (exact) mass is 300 g/mol. The molecular weight excluding hydrogens is 288 g/mol. The molecule has 3 aromatic rings. The van der Waals surface area contributed by atoms with Crippen LogP contribution in [-0.4, -0.2) is 18.4 Å². The molecule has 0 aliphatic heterocycles. The third-order valence-electron chi connectivity index (χ3n) is 2.90. The Morgan fingerprint density at radius 1 is 0.857 bits per heavy atom. The van der Waals surface area contributed by atoms with E-state index in [1.165, 1.54) is 18.5 Å². The second-order valence-electron chi connectivity index (χ2n) is 4.28. The van der Waals surface area contributed by atoms with E-state index in [0.717, 1.165) is 10.9 Å². The number of para-hydroxylation sites is 1. The van der Waals surface area contributed by atoms with Crippen molar-refractivity contribution in [2.24, 2.45) is 0 Å². The van der Waals surface area contributed by atoms with Crippen molar-refractivity contribution in [2.45, 2.75) is 4.90 Å². The number of aromatic nitrogens is 2. The zero-order chi connectivity index (χ0) is 14.7. The van der Waals surface area contributed by atoms with Crippen molar-refractivity contribution in [2.75, 3.05) is 5.43 Å². The van der Waals surface area contributed by atoms with Crippen molar-refractivity contribution in [3.8, 4) is 0 Å². The van der Waals surface area contributed by atoms with Crippen LogP contribution in [0.4, 0.5) is 5.82 Å². The second-order valence-corrected chi connectivity index (χ2v) is 5.97. The maximum absolute atomic E-state index is 12.1. The number of rotatable bonds is 4. The molecule has 0 atom stereocenters. The number of hydrogen-bond acceptors (Lipinski definition) is 5. The van der Waals surface area contributed by atoms with Gasteiger partial charge in [-0.2, -0.15) is 0 Å². The van der Waals surface area contributed by atoms with Gasteiger partial charge in [-0.05, 0) is 24.3 Å². The number of fused-ring (bicyclic) bond motifs is 1. The highest BCUT2D eigenvalue weighted by Gasteiger charge is 2.13. The molecule has 0 unspecified atom stereocenters. The number of hydrazine groups is 1. The lowest BCUT2D eigenvalue weighted by Gasteiger charge is -2.10. The molecule has 3 rings (SSSR count). The summed E-state index contributed by atoms with van der Waals surface area (Å²) < 4.78 is 24.2. The standard InChI is InChI=1S/C14H12N4O2S/c19-21(20,11-6-2-1-3-7-11)18-17-14-12-8-4-5-9-13(12)15-10-16-14/h1-10,18H,(H,15,16,17). The van der Waals surface area contributed by atoms with Gasteiger partial charge in [0.1, 0.15) is 6.33 Å². The van der Waals surface area contributed by atoms with Crippen molar-refractivity contribution in [1.82, 2.24) is 14.8 Å². The summed E-state index contributed by atoms with van der Waals surface area (Å²) in [6.45, 7) is 0. The minimum absolute atomic E-state index is 0.177. The first kappa shape index (κ1) is 13.5. The molecule has 7 heteroatoms. The summed E-state index contributed by atoms with van der Waals surface area (Å²) in [5.74, 6) is 0.403. The van der Waals surface area contributed by atoms with Gasteiger partial charge in [0.25, 0.3) is 10.0 Å². The average molecular weight is 300 g/mol. The molecule has 2 aromatic carbocycles. The zero-order valence-corrected chi connectivity index (χ0v) is 11.7. The minimum Gasteiger partial charge on any atom is -0.291 e. The number of hydrogen-bond donors (Lipinski definition) is 2. The molecule has 0 saturated carbocycles. The lowest BCUT2D eigenvalue weighted by atomic mass is 10.2. The molecule has 2 N–H and O–H groups in total. The Hall–Kier alpha value is -2.51. The summed E-state index contributed by atoms with van der Waals surface area (Å²) in [5.41, 5.74) is 3.37. The molecule has 0 amide bonds. The highest BCUT2D eigenvalue weighted by Crippen LogP contribution is 2.18. The smallest absolute Gasteiger partial charge is 0.257 e. The number of nitrogens with one attached hydrogen (secondary N) is 2. The van der Waals surface area contributed by atoms with E-state index in [-0.39, 0.29) is 4.90 Å². The van der Waals surface area contributed by atoms with Gasteiger partial charge in [-0.1, -0.05) is 30.3 Å². The Morgan fingerprint density at radius 2 is 1.57 bits per heavy atom. The molecule has 106 valence electrons. The van der Waals surface area contributed by atoms with Gasteiger partial charge in [0, 0.05) is 5.39 Å². The predicted octanol–water partition coefficient (Wildman–Crippen LogP) is 1.94. The van der Waals surface area contributed by atoms with E-state index in [1.54, 1.807) is 18.2 Å². The molecule has 0 saturated heterocycles. The zero-order valence-electron chi connectivity index (χ0n) is 10.9. The quantitative estimate of drug-likeness (QED) is 0.719. The van der Waals surface area contributed by atoms with Gasteiger partial charge >= 0.3 is 0 Å². The minimum atomic E-state index is -3.65. The highest BCUT2D eigenvalue weighted by atomic mass is 32.2. The fourth-order valence-electron chi connectivity index (χ4n) is 1.88. The Bertz CT molecular complexity index is 861. The van der Waals surface area contributed by atoms with E-state index in [2.05, 4.69) is 20.2 Å². The molecule has 0 bridgehead atoms. The fourth-order valence-corrected chi connectivity index (χ4v) is 2.74. The first-order valence-electron chi connectivity index (χ1n) is 6.19. The van der Waals surface area contributed by atoms with Crippen molar-refractivity contribution >= 4 is 26.7 Å². The Morgan fingerprint density at radius 3 is 2.38 bits per heavy atom. The van der Waals surface area contributed by atoms with Crippen LogP contribution in [-0.2, 0) is 10.0 Å². The lowest BCUT2D eigenvalue weighted by Crippen LogP contribution is -2.30. The summed E-state index contributed by atoms with van der Waals surface area (Å²) in [7, 11) is -3.65. The highest BCUT2D eigenvalue weighted by molar-refractivity contribution is 7.89. The van der Waals surface area contributed by atoms with Crippen LogP contribution >= 0.6 is 0 Å². The topological polar surface area (TPSA) is 84.0 Å². The van der Waals surface area contributed by atoms with Gasteiger partial charge in [0.2, 0.25) is 0 Å². The number of nitrogens with zero attached hydrogens (tertiary/aromatic N) is 2. The van der Waals surface area contributed by atoms with Crippen LogP contribution in [0.5, 0.6) is 0 Å². The van der Waals surface area contributed by atoms with Crippen molar-refractivity contribution < 1.29 is 8.42 Å². The van der Waals surface area contributed by atoms with Crippen LogP contribution in [0.15, 0.2) is 65.8 Å². The Kier molecular flexibility index (Phi) is 3.51. The van der Waals surface area contributed by atoms with E-state index >= 15 is 0 Å². The molecule has 0 radical (unpaired) electrons. The second kappa shape index (κ2) is 5.47. The van der Waals surface area contributed by atoms with Gasteiger partial charge in [0.15, 0.2) is 5.82 Å². The van der Waals surface area contributed by atoms with Gasteiger partial charge in [-0.25, -0.2) is 18.4 Å². The average Bonchev–Trinajstić information content (AvgIpc) is 2.54. The van der Waals surface area contributed by atoms with E-state index in [4.69, 9.17) is 0 Å². The van der Waals surface area contributed by atoms with E-state index < -0.39 is 10.0 Å². The van der Waals surface area contributed by atoms with E-state index in [0.29, 0.717) is 5.82 Å². The van der Waals surface area contributed by atoms with Crippen molar-refractivity contribution in [3.63, 3.8) is 0 Å². The van der Waals surface area contributed by atoms with Crippen LogP contribution in [0.25, 0.3) is 10.9 Å². The normalized spacial score (nSPS) is 11.4. The van der Waals surface area contributed by atoms with Gasteiger partial charge in [0.05, 0.1) is 10.4 Å². The van der Waals surface area contributed by atoms with Crippen LogP contribution in [0.2, 0.25) is 0 Å². The Labute approximate surface area is 121 Å². The summed E-state index contributed by atoms with van der Waals surface area (Å²) in [6, 6.07) is 15.4. The molecular formula is C14H12N4O2S. The summed E-state index contributed by atoms with van der Waals surface area (Å²) in [4.78, 5) is 10.7. The largest absolute Gasteiger partial charge is 0.291 e. The molecule has 21 heavy (non-hydrogen) atoms. The van der Waals surface area contributed by atoms with Gasteiger partial charge in [-0.3, -0.25) is 5.43 Å². The number of anilines is 1. The molecule has 0 aliphatic carbocycles. The van der Waals surface area contributed by atoms with E-state index in [9.17, 15) is 8.42 Å². The number of benzene rings is 2. The molecule has 1 heterocycles. The van der Waals surface area contributed by atoms with Gasteiger partial charge < -0.3 is 0 Å². The number of sulfonamides is 1. The molecule has 0 fully saturated rings. The van der Waals surface area contributed by atoms with Crippen molar-refractivity contribution in [3.05, 3.63) is 60.9 Å². The molecule has 6 nitrogen and oxygen atoms in total. The lowest BCUT2D eigenvalue weighted by molar-refractivity contribution is 0.587. The third-order valence-corrected chi connectivity index (χ3v) is 4.16. The van der Waals surface area contributed by atoms with Gasteiger partial charge in [-0.15, -0.1) is 4.83 Å². The maximum atomic E-state index is 12.1. The molecule has 1 aromatic heterocycles. The molecule has 0 spiro atoms. The van der Waals surface area contributed by atoms with Crippen LogP contribution in [0.3, 0.4) is 0 Å². The van der Waals surface area contributed by atoms with E-state index in [1.807, 2.05) is 24.3 Å². The summed E-state index contributed by atoms with van der Waals surface area (Å²) in [6.07, 6.45) is 1.38. The third kappa shape index (κ3) is 2.83. The maximum Gasteiger partial charge on any atom is 0.257 e. The first-order valence-corrected chi connectivity index (χ1v) is 7.68. The first-order chi connectivity index (χ1) is 10.2. The van der Waals surface area contributed by atoms with Crippen LogP contribution < -0.4 is 10.3 Å². The SMILES string of the molecule is O=S(=O)(NNc1ncnc2ccccc12)c1ccccc1. The molecule has 0 aliphatic rings. The summed E-state index contributed by atoms with van der Waals surface area (Å²) >= 11 is 0. The Balaban J connectivity index is 1.87. The van der Waals surface area contributed by atoms with Crippen molar-refractivity contribution in [1.29, 1.82) is 0 Å². The van der Waals surface area contributed by atoms with Crippen LogP contribution in [0, 0.1) is 0 Å². The fraction of sp³-hybridized carbons (Fsp3) is 0. The predicted molar refractivity (Wildman–Crippen MR) is 79.9 cm³/mol. The van der Waals surface area contributed by atoms with Crippen LogP contribution in [0.1, 0.15) is 0 Å². The summed E-state index contributed by atoms with van der Waals surface area (Å²) in [5, 5.41) is 0.732.